The van der Waals surface area contributed by atoms with Crippen LogP contribution < -0.4 is 0 Å². The van der Waals surface area contributed by atoms with Crippen LogP contribution in [0.4, 0.5) is 0 Å². The molecule has 1 aromatic carbocycles. The molecule has 1 aliphatic rings. The number of benzene rings is 1. The molecule has 0 bridgehead atoms. The summed E-state index contributed by atoms with van der Waals surface area (Å²) in [7, 11) is -2.28. The Morgan fingerprint density at radius 2 is 2.05 bits per heavy atom. The predicted molar refractivity (Wildman–Crippen MR) is 85.0 cm³/mol. The summed E-state index contributed by atoms with van der Waals surface area (Å²) in [5.41, 5.74) is 1.06. The smallest absolute Gasteiger partial charge is 0.229 e. The van der Waals surface area contributed by atoms with E-state index in [1.165, 1.54) is 0 Å². The van der Waals surface area contributed by atoms with Gasteiger partial charge in [0.2, 0.25) is 8.87 Å². The summed E-state index contributed by atoms with van der Waals surface area (Å²) < 4.78 is 35.3. The largest absolute Gasteiger partial charge is 0.353 e. The predicted octanol–water partition coefficient (Wildman–Crippen LogP) is 3.35. The SMILES string of the molecule is Cc1ccc(S(=O)(=O)SCCCOC2CCCCO2)cc1. The van der Waals surface area contributed by atoms with Crippen molar-refractivity contribution in [3.63, 3.8) is 0 Å². The topological polar surface area (TPSA) is 52.6 Å². The lowest BCUT2D eigenvalue weighted by Crippen LogP contribution is -2.22. The van der Waals surface area contributed by atoms with E-state index in [0.717, 1.165) is 42.2 Å². The van der Waals surface area contributed by atoms with Gasteiger partial charge in [0.05, 0.1) is 11.5 Å². The molecule has 0 aromatic heterocycles. The van der Waals surface area contributed by atoms with E-state index in [1.54, 1.807) is 12.1 Å². The molecule has 1 saturated heterocycles. The van der Waals surface area contributed by atoms with Gasteiger partial charge in [0.1, 0.15) is 0 Å². The van der Waals surface area contributed by atoms with Crippen molar-refractivity contribution in [3.8, 4) is 0 Å². The zero-order chi connectivity index (χ0) is 15.1. The fourth-order valence-electron chi connectivity index (χ4n) is 2.06. The molecule has 0 radical (unpaired) electrons. The van der Waals surface area contributed by atoms with Crippen LogP contribution in [0.3, 0.4) is 0 Å². The average molecular weight is 330 g/mol. The van der Waals surface area contributed by atoms with Crippen LogP contribution in [-0.4, -0.2) is 33.7 Å². The van der Waals surface area contributed by atoms with Gasteiger partial charge in [-0.05, 0) is 55.5 Å². The van der Waals surface area contributed by atoms with Crippen molar-refractivity contribution in [2.24, 2.45) is 0 Å². The van der Waals surface area contributed by atoms with Gasteiger partial charge in [-0.2, -0.15) is 0 Å². The van der Waals surface area contributed by atoms with E-state index in [0.29, 0.717) is 23.7 Å². The third kappa shape index (κ3) is 5.62. The zero-order valence-electron chi connectivity index (χ0n) is 12.3. The molecule has 6 heteroatoms. The number of hydrogen-bond donors (Lipinski definition) is 0. The molecule has 4 nitrogen and oxygen atoms in total. The van der Waals surface area contributed by atoms with E-state index in [2.05, 4.69) is 0 Å². The first kappa shape index (κ1) is 16.8. The average Bonchev–Trinajstić information content (AvgIpc) is 2.48. The maximum absolute atomic E-state index is 12.1. The second-order valence-corrected chi connectivity index (χ2v) is 9.16. The summed E-state index contributed by atoms with van der Waals surface area (Å²) in [6, 6.07) is 6.95. The van der Waals surface area contributed by atoms with Crippen LogP contribution >= 0.6 is 10.8 Å². The summed E-state index contributed by atoms with van der Waals surface area (Å²) in [4.78, 5) is 0.370. The zero-order valence-corrected chi connectivity index (χ0v) is 13.9. The standard InChI is InChI=1S/C15H22O4S2/c1-13-6-8-14(9-7-13)21(16,17)20-12-4-11-19-15-5-2-3-10-18-15/h6-9,15H,2-5,10-12H2,1H3. The van der Waals surface area contributed by atoms with Crippen molar-refractivity contribution < 1.29 is 17.9 Å². The van der Waals surface area contributed by atoms with E-state index in [-0.39, 0.29) is 6.29 Å². The van der Waals surface area contributed by atoms with Gasteiger partial charge >= 0.3 is 0 Å². The van der Waals surface area contributed by atoms with Crippen molar-refractivity contribution in [2.75, 3.05) is 19.0 Å². The minimum Gasteiger partial charge on any atom is -0.353 e. The van der Waals surface area contributed by atoms with Gasteiger partial charge in [-0.15, -0.1) is 0 Å². The number of rotatable bonds is 7. The first-order valence-corrected chi connectivity index (χ1v) is 10.3. The van der Waals surface area contributed by atoms with Crippen LogP contribution in [0.1, 0.15) is 31.2 Å². The summed E-state index contributed by atoms with van der Waals surface area (Å²) in [6.45, 7) is 3.25. The highest BCUT2D eigenvalue weighted by molar-refractivity contribution is 8.72. The minimum atomic E-state index is -3.25. The van der Waals surface area contributed by atoms with Gasteiger partial charge in [-0.1, -0.05) is 17.7 Å². The third-order valence-electron chi connectivity index (χ3n) is 3.28. The van der Waals surface area contributed by atoms with Gasteiger partial charge in [-0.3, -0.25) is 0 Å². The Morgan fingerprint density at radius 1 is 1.29 bits per heavy atom. The quantitative estimate of drug-likeness (QED) is 0.567. The fourth-order valence-corrected chi connectivity index (χ4v) is 4.87. The lowest BCUT2D eigenvalue weighted by atomic mass is 10.2. The van der Waals surface area contributed by atoms with Crippen molar-refractivity contribution in [1.82, 2.24) is 0 Å². The van der Waals surface area contributed by atoms with Gasteiger partial charge < -0.3 is 9.47 Å². The van der Waals surface area contributed by atoms with E-state index in [4.69, 9.17) is 9.47 Å². The second-order valence-electron chi connectivity index (χ2n) is 5.11. The Morgan fingerprint density at radius 3 is 2.71 bits per heavy atom. The molecule has 2 rings (SSSR count). The van der Waals surface area contributed by atoms with Crippen molar-refractivity contribution in [1.29, 1.82) is 0 Å². The van der Waals surface area contributed by atoms with E-state index < -0.39 is 8.87 Å². The highest BCUT2D eigenvalue weighted by atomic mass is 33.1. The van der Waals surface area contributed by atoms with Crippen LogP contribution in [0.5, 0.6) is 0 Å². The first-order chi connectivity index (χ1) is 10.1. The van der Waals surface area contributed by atoms with E-state index in [1.807, 2.05) is 19.1 Å². The van der Waals surface area contributed by atoms with Gasteiger partial charge in [0.15, 0.2) is 6.29 Å². The normalized spacial score (nSPS) is 19.6. The van der Waals surface area contributed by atoms with Crippen molar-refractivity contribution >= 4 is 19.7 Å². The molecule has 0 N–H and O–H groups in total. The maximum atomic E-state index is 12.1. The number of ether oxygens (including phenoxy) is 2. The molecule has 1 atom stereocenters. The molecule has 21 heavy (non-hydrogen) atoms. The van der Waals surface area contributed by atoms with Gasteiger partial charge in [0.25, 0.3) is 0 Å². The Bertz CT molecular complexity index is 519. The minimum absolute atomic E-state index is 0.0996. The van der Waals surface area contributed by atoms with Crippen molar-refractivity contribution in [2.45, 2.75) is 43.8 Å². The lowest BCUT2D eigenvalue weighted by molar-refractivity contribution is -0.162. The van der Waals surface area contributed by atoms with Crippen LogP contribution in [0.15, 0.2) is 29.2 Å². The molecule has 0 aliphatic carbocycles. The van der Waals surface area contributed by atoms with E-state index >= 15 is 0 Å². The number of aryl methyl sites for hydroxylation is 1. The molecular weight excluding hydrogens is 308 g/mol. The molecule has 0 amide bonds. The Kier molecular flexibility index (Phi) is 6.54. The highest BCUT2D eigenvalue weighted by Crippen LogP contribution is 2.24. The summed E-state index contributed by atoms with van der Waals surface area (Å²) in [6.07, 6.45) is 3.79. The monoisotopic (exact) mass is 330 g/mol. The Labute approximate surface area is 130 Å². The second kappa shape index (κ2) is 8.17. The molecule has 0 spiro atoms. The molecule has 1 aliphatic heterocycles. The third-order valence-corrected chi connectivity index (χ3v) is 6.90. The molecular formula is C15H22O4S2. The molecule has 1 aromatic rings. The van der Waals surface area contributed by atoms with Crippen LogP contribution in [-0.2, 0) is 18.3 Å². The molecule has 118 valence electrons. The summed E-state index contributed by atoms with van der Waals surface area (Å²) >= 11 is 0. The highest BCUT2D eigenvalue weighted by Gasteiger charge is 2.16. The fraction of sp³-hybridized carbons (Fsp3) is 0.600. The van der Waals surface area contributed by atoms with Crippen molar-refractivity contribution in [3.05, 3.63) is 29.8 Å². The summed E-state index contributed by atoms with van der Waals surface area (Å²) in [5.74, 6) is 0.531. The maximum Gasteiger partial charge on any atom is 0.229 e. The molecule has 1 unspecified atom stereocenters. The van der Waals surface area contributed by atoms with Crippen LogP contribution in [0.25, 0.3) is 0 Å². The summed E-state index contributed by atoms with van der Waals surface area (Å²) in [5, 5.41) is 0. The molecule has 0 saturated carbocycles. The van der Waals surface area contributed by atoms with E-state index in [9.17, 15) is 8.42 Å². The number of hydrogen-bond acceptors (Lipinski definition) is 5. The Hall–Kier alpha value is -0.560. The lowest BCUT2D eigenvalue weighted by Gasteiger charge is -2.22. The Balaban J connectivity index is 1.68. The molecule has 1 heterocycles. The van der Waals surface area contributed by atoms with Crippen LogP contribution in [0, 0.1) is 6.92 Å². The van der Waals surface area contributed by atoms with Gasteiger partial charge in [0, 0.05) is 12.4 Å². The molecule has 1 fully saturated rings. The van der Waals surface area contributed by atoms with Crippen LogP contribution in [0.2, 0.25) is 0 Å². The first-order valence-electron chi connectivity index (χ1n) is 7.27. The van der Waals surface area contributed by atoms with Gasteiger partial charge in [-0.25, -0.2) is 8.42 Å².